The van der Waals surface area contributed by atoms with Gasteiger partial charge in [0.1, 0.15) is 17.4 Å². The Morgan fingerprint density at radius 1 is 1.05 bits per heavy atom. The zero-order valence-electron chi connectivity index (χ0n) is 21.7. The summed E-state index contributed by atoms with van der Waals surface area (Å²) in [4.78, 5) is 27.5. The van der Waals surface area contributed by atoms with E-state index in [4.69, 9.17) is 9.90 Å². The van der Waals surface area contributed by atoms with Gasteiger partial charge in [0, 0.05) is 12.5 Å². The fourth-order valence-electron chi connectivity index (χ4n) is 3.50. The van der Waals surface area contributed by atoms with Crippen LogP contribution >= 0.6 is 0 Å². The Kier molecular flexibility index (Phi) is 12.4. The van der Waals surface area contributed by atoms with E-state index in [-0.39, 0.29) is 16.4 Å². The molecule has 0 unspecified atom stereocenters. The first-order valence-electron chi connectivity index (χ1n) is 12.2. The number of rotatable bonds is 13. The first-order valence-corrected chi connectivity index (χ1v) is 13.6. The zero-order valence-corrected chi connectivity index (χ0v) is 22.5. The average molecular weight is 606 g/mol. The number of carbonyl (C=O) groups excluding carboxylic acids is 1. The van der Waals surface area contributed by atoms with E-state index in [0.29, 0.717) is 25.1 Å². The molecule has 3 N–H and O–H groups in total. The minimum absolute atomic E-state index is 0.113. The molecule has 9 nitrogen and oxygen atoms in total. The molecule has 41 heavy (non-hydrogen) atoms. The minimum atomic E-state index is -5.08. The summed E-state index contributed by atoms with van der Waals surface area (Å²) >= 11 is 0. The highest BCUT2D eigenvalue weighted by Gasteiger charge is 2.38. The SMILES string of the molecule is CC(=O)CCCCC[C@H](NS(=O)(=O)c1cccc(OC(F)F)c1)c1ncc(-c2ccccc2)[nH]1.O=C(O)C(F)(F)F. The monoisotopic (exact) mass is 605 g/mol. The van der Waals surface area contributed by atoms with Crippen LogP contribution in [0.25, 0.3) is 11.3 Å². The van der Waals surface area contributed by atoms with Gasteiger partial charge < -0.3 is 19.6 Å². The third kappa shape index (κ3) is 11.7. The Hall–Kier alpha value is -3.85. The number of H-pyrrole nitrogens is 1. The second-order valence-electron chi connectivity index (χ2n) is 8.68. The quantitative estimate of drug-likeness (QED) is 0.164. The summed E-state index contributed by atoms with van der Waals surface area (Å²) in [6, 6.07) is 13.8. The lowest BCUT2D eigenvalue weighted by Crippen LogP contribution is -2.29. The van der Waals surface area contributed by atoms with Crippen LogP contribution in [0, 0.1) is 0 Å². The standard InChI is InChI=1S/C24H27F2N3O4S.C2HF3O2/c1-17(30)9-4-2-7-14-21(23-27-16-22(28-23)18-10-5-3-6-11-18)29-34(31,32)20-13-8-12-19(15-20)33-24(25)26;3-2(4,5)1(6)7/h3,5-6,8,10-13,15-16,21,24,29H,2,4,7,9,14H2,1H3,(H,27,28);(H,6,7)/t21-;/m0./s1. The van der Waals surface area contributed by atoms with Crippen LogP contribution in [0.3, 0.4) is 0 Å². The van der Waals surface area contributed by atoms with Crippen molar-refractivity contribution in [2.24, 2.45) is 0 Å². The Morgan fingerprint density at radius 3 is 2.29 bits per heavy atom. The summed E-state index contributed by atoms with van der Waals surface area (Å²) < 4.78 is 90.0. The van der Waals surface area contributed by atoms with Crippen molar-refractivity contribution in [2.45, 2.75) is 62.8 Å². The van der Waals surface area contributed by atoms with E-state index in [1.54, 1.807) is 6.20 Å². The number of Topliss-reactive ketones (excluding diaryl/α,β-unsaturated/α-hetero) is 1. The number of aromatic nitrogens is 2. The number of halogens is 5. The van der Waals surface area contributed by atoms with Crippen LogP contribution in [0.15, 0.2) is 65.7 Å². The average Bonchev–Trinajstić information content (AvgIpc) is 3.38. The van der Waals surface area contributed by atoms with E-state index in [1.165, 1.54) is 25.1 Å². The molecule has 0 radical (unpaired) electrons. The lowest BCUT2D eigenvalue weighted by molar-refractivity contribution is -0.192. The fraction of sp³-hybridized carbons (Fsp3) is 0.346. The summed E-state index contributed by atoms with van der Waals surface area (Å²) in [5, 5.41) is 7.12. The number of carboxylic acids is 1. The summed E-state index contributed by atoms with van der Waals surface area (Å²) in [7, 11) is -4.07. The van der Waals surface area contributed by atoms with Gasteiger partial charge in [0.15, 0.2) is 0 Å². The molecule has 15 heteroatoms. The number of unbranched alkanes of at least 4 members (excludes halogenated alkanes) is 2. The number of ketones is 1. The number of nitrogens with zero attached hydrogens (tertiary/aromatic N) is 1. The maximum Gasteiger partial charge on any atom is 0.490 e. The Bertz CT molecular complexity index is 1380. The molecule has 1 heterocycles. The highest BCUT2D eigenvalue weighted by Crippen LogP contribution is 2.26. The molecule has 0 saturated heterocycles. The largest absolute Gasteiger partial charge is 0.490 e. The van der Waals surface area contributed by atoms with Gasteiger partial charge in [-0.1, -0.05) is 49.2 Å². The number of benzene rings is 2. The molecule has 0 saturated carbocycles. The van der Waals surface area contributed by atoms with Crippen LogP contribution < -0.4 is 9.46 Å². The summed E-state index contributed by atoms with van der Waals surface area (Å²) in [6.07, 6.45) is -0.398. The van der Waals surface area contributed by atoms with Crippen molar-refractivity contribution in [3.63, 3.8) is 0 Å². The first kappa shape index (κ1) is 33.4. The van der Waals surface area contributed by atoms with Crippen LogP contribution in [0.2, 0.25) is 0 Å². The van der Waals surface area contributed by atoms with Gasteiger partial charge in [0.25, 0.3) is 0 Å². The van der Waals surface area contributed by atoms with Crippen molar-refractivity contribution in [1.82, 2.24) is 14.7 Å². The third-order valence-electron chi connectivity index (χ3n) is 5.41. The van der Waals surface area contributed by atoms with Gasteiger partial charge in [-0.05, 0) is 37.5 Å². The van der Waals surface area contributed by atoms with E-state index in [9.17, 15) is 35.2 Å². The van der Waals surface area contributed by atoms with Crippen LogP contribution in [-0.4, -0.2) is 48.0 Å². The number of carbonyl (C=O) groups is 2. The van der Waals surface area contributed by atoms with Crippen LogP contribution in [-0.2, 0) is 19.6 Å². The predicted molar refractivity (Wildman–Crippen MR) is 138 cm³/mol. The highest BCUT2D eigenvalue weighted by molar-refractivity contribution is 7.89. The van der Waals surface area contributed by atoms with Gasteiger partial charge in [-0.2, -0.15) is 22.0 Å². The number of carboxylic acid groups (broad SMARTS) is 1. The highest BCUT2D eigenvalue weighted by atomic mass is 32.2. The number of aliphatic carboxylic acids is 1. The maximum absolute atomic E-state index is 13.1. The van der Waals surface area contributed by atoms with Crippen molar-refractivity contribution >= 4 is 21.8 Å². The number of alkyl halides is 5. The second kappa shape index (κ2) is 15.2. The number of sulfonamides is 1. The van der Waals surface area contributed by atoms with E-state index in [1.807, 2.05) is 30.3 Å². The Morgan fingerprint density at radius 2 is 1.71 bits per heavy atom. The molecule has 0 aliphatic heterocycles. The lowest BCUT2D eigenvalue weighted by Gasteiger charge is -2.17. The van der Waals surface area contributed by atoms with Gasteiger partial charge in [-0.3, -0.25) is 0 Å². The number of ether oxygens (including phenoxy) is 1. The molecule has 0 fully saturated rings. The van der Waals surface area contributed by atoms with E-state index >= 15 is 0 Å². The number of aromatic amines is 1. The van der Waals surface area contributed by atoms with Crippen LogP contribution in [0.4, 0.5) is 22.0 Å². The van der Waals surface area contributed by atoms with Crippen molar-refractivity contribution in [2.75, 3.05) is 0 Å². The second-order valence-corrected chi connectivity index (χ2v) is 10.4. The summed E-state index contributed by atoms with van der Waals surface area (Å²) in [5.74, 6) is -2.45. The number of imidazole rings is 1. The van der Waals surface area contributed by atoms with E-state index in [2.05, 4.69) is 19.4 Å². The fourth-order valence-corrected chi connectivity index (χ4v) is 4.77. The molecule has 1 atom stereocenters. The molecular formula is C26H28F5N3O6S. The molecule has 3 aromatic rings. The van der Waals surface area contributed by atoms with Crippen molar-refractivity contribution in [3.8, 4) is 17.0 Å². The molecule has 224 valence electrons. The minimum Gasteiger partial charge on any atom is -0.475 e. The molecule has 1 aromatic heterocycles. The molecule has 3 rings (SSSR count). The van der Waals surface area contributed by atoms with Crippen LogP contribution in [0.5, 0.6) is 5.75 Å². The van der Waals surface area contributed by atoms with Gasteiger partial charge >= 0.3 is 18.8 Å². The van der Waals surface area contributed by atoms with Gasteiger partial charge in [-0.25, -0.2) is 22.9 Å². The van der Waals surface area contributed by atoms with E-state index in [0.717, 1.165) is 30.2 Å². The molecule has 0 aliphatic carbocycles. The first-order chi connectivity index (χ1) is 19.2. The van der Waals surface area contributed by atoms with Gasteiger partial charge in [0.2, 0.25) is 10.0 Å². The van der Waals surface area contributed by atoms with Gasteiger partial charge in [-0.15, -0.1) is 0 Å². The lowest BCUT2D eigenvalue weighted by atomic mass is 10.1. The smallest absolute Gasteiger partial charge is 0.475 e. The van der Waals surface area contributed by atoms with Crippen molar-refractivity contribution in [3.05, 3.63) is 66.6 Å². The normalized spacial score (nSPS) is 12.4. The predicted octanol–water partition coefficient (Wildman–Crippen LogP) is 5.87. The van der Waals surface area contributed by atoms with Crippen molar-refractivity contribution in [1.29, 1.82) is 0 Å². The summed E-state index contributed by atoms with van der Waals surface area (Å²) in [5.41, 5.74) is 1.64. The Labute approximate surface area is 232 Å². The van der Waals surface area contributed by atoms with Crippen LogP contribution in [0.1, 0.15) is 50.9 Å². The topological polar surface area (TPSA) is 138 Å². The molecule has 0 amide bonds. The molecule has 0 spiro atoms. The van der Waals surface area contributed by atoms with Crippen molar-refractivity contribution < 1.29 is 49.8 Å². The number of hydrogen-bond donors (Lipinski definition) is 3. The molecule has 0 bridgehead atoms. The zero-order chi connectivity index (χ0) is 30.6. The number of hydrogen-bond acceptors (Lipinski definition) is 6. The summed E-state index contributed by atoms with van der Waals surface area (Å²) in [6.45, 7) is -1.52. The Balaban J connectivity index is 0.000000745. The third-order valence-corrected chi connectivity index (χ3v) is 6.88. The maximum atomic E-state index is 13.1. The molecule has 0 aliphatic rings. The molecule has 2 aromatic carbocycles. The molecular weight excluding hydrogens is 577 g/mol. The van der Waals surface area contributed by atoms with E-state index < -0.39 is 34.8 Å². The van der Waals surface area contributed by atoms with Gasteiger partial charge in [0.05, 0.1) is 22.8 Å². The number of nitrogens with one attached hydrogen (secondary N) is 2.